The number of carbonyl (C=O) groups excluding carboxylic acids is 3. The lowest BCUT2D eigenvalue weighted by Gasteiger charge is -2.43. The molecule has 2 aliphatic heterocycles. The Morgan fingerprint density at radius 1 is 1.11 bits per heavy atom. The van der Waals surface area contributed by atoms with Crippen LogP contribution in [0.3, 0.4) is 0 Å². The highest BCUT2D eigenvalue weighted by Gasteiger charge is 2.40. The fourth-order valence-electron chi connectivity index (χ4n) is 7.35. The van der Waals surface area contributed by atoms with Crippen LogP contribution in [0, 0.1) is 17.8 Å². The summed E-state index contributed by atoms with van der Waals surface area (Å²) in [7, 11) is -0.692. The summed E-state index contributed by atoms with van der Waals surface area (Å²) >= 11 is 6.48. The molecule has 5 atom stereocenters. The van der Waals surface area contributed by atoms with Crippen LogP contribution in [0.4, 0.5) is 10.5 Å². The summed E-state index contributed by atoms with van der Waals surface area (Å²) in [5.74, 6) is -1.16. The first-order valence-corrected chi connectivity index (χ1v) is 20.9. The molecule has 1 unspecified atom stereocenters. The molecule has 0 saturated heterocycles. The molecule has 1 N–H and O–H groups in total. The molecular formula is C40H50ClN5O8S. The molecule has 1 saturated carbocycles. The molecule has 0 spiro atoms. The van der Waals surface area contributed by atoms with Crippen LogP contribution in [0.5, 0.6) is 11.6 Å². The third-order valence-corrected chi connectivity index (χ3v) is 12.4. The lowest BCUT2D eigenvalue weighted by molar-refractivity contribution is -0.0241. The second kappa shape index (κ2) is 17.5. The van der Waals surface area contributed by atoms with E-state index in [9.17, 15) is 18.6 Å². The monoisotopic (exact) mass is 795 g/mol. The van der Waals surface area contributed by atoms with Crippen molar-refractivity contribution < 1.29 is 37.5 Å². The lowest BCUT2D eigenvalue weighted by atomic mass is 9.70. The minimum Gasteiger partial charge on any atom is -0.491 e. The van der Waals surface area contributed by atoms with Crippen molar-refractivity contribution in [3.8, 4) is 11.6 Å². The zero-order chi connectivity index (χ0) is 39.3. The Morgan fingerprint density at radius 2 is 1.93 bits per heavy atom. The summed E-state index contributed by atoms with van der Waals surface area (Å²) < 4.78 is 45.9. The molecule has 3 heterocycles. The first-order chi connectivity index (χ1) is 26.3. The van der Waals surface area contributed by atoms with Gasteiger partial charge in [-0.05, 0) is 112 Å². The summed E-state index contributed by atoms with van der Waals surface area (Å²) in [6.45, 7) is 6.94. The van der Waals surface area contributed by atoms with Gasteiger partial charge in [-0.25, -0.2) is 9.00 Å². The van der Waals surface area contributed by atoms with Crippen molar-refractivity contribution in [2.24, 2.45) is 29.2 Å². The van der Waals surface area contributed by atoms with Crippen LogP contribution >= 0.6 is 11.6 Å². The third-order valence-electron chi connectivity index (χ3n) is 10.2. The highest BCUT2D eigenvalue weighted by molar-refractivity contribution is 7.92. The average molecular weight is 796 g/mol. The van der Waals surface area contributed by atoms with E-state index in [0.29, 0.717) is 42.6 Å². The minimum absolute atomic E-state index is 0.01000. The van der Waals surface area contributed by atoms with Crippen molar-refractivity contribution in [2.75, 3.05) is 30.9 Å². The fourth-order valence-corrected chi connectivity index (χ4v) is 9.43. The van der Waals surface area contributed by atoms with E-state index in [0.717, 1.165) is 43.2 Å². The lowest BCUT2D eigenvalue weighted by Crippen LogP contribution is -2.44. The molecule has 2 aromatic carbocycles. The van der Waals surface area contributed by atoms with Gasteiger partial charge in [0, 0.05) is 42.8 Å². The number of fused-ring (bicyclic) bond motifs is 3. The van der Waals surface area contributed by atoms with Gasteiger partial charge < -0.3 is 23.8 Å². The number of anilines is 1. The molecule has 0 radical (unpaired) electrons. The van der Waals surface area contributed by atoms with Crippen LogP contribution < -0.4 is 19.1 Å². The Labute approximate surface area is 328 Å². The largest absolute Gasteiger partial charge is 0.509 e. The number of nitrogens with one attached hydrogen (secondary N) is 1. The number of rotatable bonds is 5. The first-order valence-electron chi connectivity index (χ1n) is 18.8. The van der Waals surface area contributed by atoms with E-state index in [-0.39, 0.29) is 46.6 Å². The molecule has 296 valence electrons. The van der Waals surface area contributed by atoms with Crippen molar-refractivity contribution in [3.05, 3.63) is 82.0 Å². The van der Waals surface area contributed by atoms with E-state index in [1.54, 1.807) is 39.1 Å². The van der Waals surface area contributed by atoms with Gasteiger partial charge in [0.05, 0.1) is 31.3 Å². The van der Waals surface area contributed by atoms with E-state index < -0.39 is 34.0 Å². The number of halogens is 1. The van der Waals surface area contributed by atoms with E-state index >= 15 is 0 Å². The molecule has 2 amide bonds. The molecule has 6 rings (SSSR count). The summed E-state index contributed by atoms with van der Waals surface area (Å²) in [6.07, 6.45) is 8.26. The minimum atomic E-state index is -3.70. The molecule has 55 heavy (non-hydrogen) atoms. The van der Waals surface area contributed by atoms with Gasteiger partial charge in [-0.3, -0.25) is 19.0 Å². The summed E-state index contributed by atoms with van der Waals surface area (Å²) in [5.41, 5.74) is 3.17. The maximum absolute atomic E-state index is 14.7. The molecule has 3 aromatic rings. The number of nitrogens with zero attached hydrogens (tertiary/aromatic N) is 4. The first kappa shape index (κ1) is 40.1. The molecule has 1 fully saturated rings. The average Bonchev–Trinajstić information content (AvgIpc) is 3.48. The number of hydrogen-bond acceptors (Lipinski definition) is 10. The number of ether oxygens (including phenoxy) is 4. The van der Waals surface area contributed by atoms with Gasteiger partial charge in [0.1, 0.15) is 27.3 Å². The van der Waals surface area contributed by atoms with Crippen molar-refractivity contribution in [1.29, 1.82) is 0 Å². The zero-order valence-electron chi connectivity index (χ0n) is 32.0. The SMILES string of the molecule is COc1nn(C)cc1C(=O)NS1(=O)=NC(=O)c2ccc3c(c2)N(Cc2ccc(Cl)cc2CCCCO3)C[C@@H]2CC[C@H]2[C@@H](OC(=O)OC(C)C)/C=C/C[C@H](C)C1. The number of benzene rings is 2. The predicted octanol–water partition coefficient (Wildman–Crippen LogP) is 7.31. The maximum Gasteiger partial charge on any atom is 0.509 e. The van der Waals surface area contributed by atoms with Crippen molar-refractivity contribution in [3.63, 3.8) is 0 Å². The smallest absolute Gasteiger partial charge is 0.491 e. The van der Waals surface area contributed by atoms with E-state index in [4.69, 9.17) is 30.5 Å². The van der Waals surface area contributed by atoms with Crippen LogP contribution in [0.2, 0.25) is 5.02 Å². The number of carbonyl (C=O) groups is 3. The molecule has 3 aliphatic rings. The second-order valence-electron chi connectivity index (χ2n) is 14.9. The number of methoxy groups -OCH3 is 1. The van der Waals surface area contributed by atoms with Crippen molar-refractivity contribution in [2.45, 2.75) is 78.0 Å². The molecule has 2 bridgehead atoms. The number of aryl methyl sites for hydroxylation is 2. The van der Waals surface area contributed by atoms with Gasteiger partial charge in [-0.1, -0.05) is 30.7 Å². The van der Waals surface area contributed by atoms with Gasteiger partial charge in [0.15, 0.2) is 0 Å². The molecule has 15 heteroatoms. The van der Waals surface area contributed by atoms with Gasteiger partial charge in [-0.15, -0.1) is 9.46 Å². The molecule has 13 nitrogen and oxygen atoms in total. The predicted molar refractivity (Wildman–Crippen MR) is 210 cm³/mol. The highest BCUT2D eigenvalue weighted by Crippen LogP contribution is 2.42. The molecule has 1 aliphatic carbocycles. The summed E-state index contributed by atoms with van der Waals surface area (Å²) in [4.78, 5) is 42.8. The maximum atomic E-state index is 14.7. The Morgan fingerprint density at radius 3 is 2.67 bits per heavy atom. The van der Waals surface area contributed by atoms with Crippen LogP contribution in [-0.4, -0.2) is 70.2 Å². The van der Waals surface area contributed by atoms with Gasteiger partial charge >= 0.3 is 6.16 Å². The van der Waals surface area contributed by atoms with E-state index in [1.807, 2.05) is 37.3 Å². The fraction of sp³-hybridized carbons (Fsp3) is 0.500. The van der Waals surface area contributed by atoms with Crippen LogP contribution in [0.1, 0.15) is 84.7 Å². The van der Waals surface area contributed by atoms with Gasteiger partial charge in [0.25, 0.3) is 11.8 Å². The van der Waals surface area contributed by atoms with E-state index in [1.165, 1.54) is 18.0 Å². The number of hydrogen-bond donors (Lipinski definition) is 1. The molecule has 1 aromatic heterocycles. The number of aromatic nitrogens is 2. The summed E-state index contributed by atoms with van der Waals surface area (Å²) in [6, 6.07) is 11.1. The normalized spacial score (nSPS) is 25.1. The zero-order valence-corrected chi connectivity index (χ0v) is 33.6. The Balaban J connectivity index is 1.46. The Hall–Kier alpha value is -4.56. The number of allylic oxidation sites excluding steroid dienone is 1. The van der Waals surface area contributed by atoms with Crippen LogP contribution in [0.25, 0.3) is 0 Å². The summed E-state index contributed by atoms with van der Waals surface area (Å²) in [5, 5.41) is 4.80. The quantitative estimate of drug-likeness (QED) is 0.206. The van der Waals surface area contributed by atoms with E-state index in [2.05, 4.69) is 19.1 Å². The topological polar surface area (TPSA) is 151 Å². The number of amides is 2. The van der Waals surface area contributed by atoms with Crippen LogP contribution in [0.15, 0.2) is 59.1 Å². The van der Waals surface area contributed by atoms with Gasteiger partial charge in [0.2, 0.25) is 5.88 Å². The highest BCUT2D eigenvalue weighted by atomic mass is 35.5. The van der Waals surface area contributed by atoms with Gasteiger partial charge in [-0.2, -0.15) is 0 Å². The third kappa shape index (κ3) is 10.0. The van der Waals surface area contributed by atoms with Crippen molar-refractivity contribution >= 4 is 45.2 Å². The standard InChI is InChI=1S/C40H50ClN5O8S/c1-25(2)53-40(49)54-35-11-8-9-26(3)24-55(50,44-38(48)33-23-45(4)42-39(33)51-5)43-37(47)28-14-17-36-34(20-28)46(22-30-13-16-32(30)35)21-29-12-15-31(41)19-27(29)10-6-7-18-52-36/h8,11-12,14-15,17,19-20,23,25-26,30,32,35H,6-7,9-10,13,16,18,21-22,24H2,1-5H3,(H,43,44,47,48,50)/b11-8+/t26-,30-,32+,35-,55?/m0/s1. The van der Waals surface area contributed by atoms with Crippen LogP contribution in [-0.2, 0) is 39.4 Å². The molecular weight excluding hydrogens is 746 g/mol. The second-order valence-corrected chi connectivity index (χ2v) is 17.3. The Kier molecular flexibility index (Phi) is 12.8. The Bertz CT molecular complexity index is 2060. The van der Waals surface area contributed by atoms with Crippen molar-refractivity contribution in [1.82, 2.24) is 14.5 Å².